The number of carboxylic acids is 1. The van der Waals surface area contributed by atoms with Crippen LogP contribution in [0.1, 0.15) is 10.4 Å². The molecule has 0 amide bonds. The van der Waals surface area contributed by atoms with Crippen LogP contribution < -0.4 is 4.74 Å². The minimum atomic E-state index is -1.00. The number of carboxylic acid groups (broad SMARTS) is 1. The van der Waals surface area contributed by atoms with Gasteiger partial charge in [0.15, 0.2) is 5.75 Å². The van der Waals surface area contributed by atoms with E-state index in [2.05, 4.69) is 4.98 Å². The molecule has 0 spiro atoms. The molecule has 1 N–H and O–H groups in total. The molecule has 0 aliphatic rings. The Bertz CT molecular complexity index is 492. The van der Waals surface area contributed by atoms with Gasteiger partial charge in [-0.1, -0.05) is 0 Å². The summed E-state index contributed by atoms with van der Waals surface area (Å²) in [4.78, 5) is 14.9. The molecule has 1 aromatic carbocycles. The molecular weight excluding hydrogens is 202 g/mol. The van der Waals surface area contributed by atoms with Crippen molar-refractivity contribution in [2.75, 3.05) is 7.11 Å². The molecule has 4 nitrogen and oxygen atoms in total. The molecule has 0 saturated carbocycles. The van der Waals surface area contributed by atoms with Crippen molar-refractivity contribution in [1.82, 2.24) is 4.98 Å². The molecule has 0 saturated heterocycles. The van der Waals surface area contributed by atoms with Gasteiger partial charge in [-0.05, 0) is 12.1 Å². The lowest BCUT2D eigenvalue weighted by atomic mass is 10.2. The van der Waals surface area contributed by atoms with Crippen LogP contribution in [0.4, 0.5) is 0 Å². The number of hydrogen-bond donors (Lipinski definition) is 1. The summed E-state index contributed by atoms with van der Waals surface area (Å²) < 4.78 is 5.96. The number of nitrogens with zero attached hydrogens (tertiary/aromatic N) is 1. The van der Waals surface area contributed by atoms with Crippen LogP contribution in [0.5, 0.6) is 5.75 Å². The van der Waals surface area contributed by atoms with Gasteiger partial charge < -0.3 is 9.84 Å². The Kier molecular flexibility index (Phi) is 2.09. The third-order valence-electron chi connectivity index (χ3n) is 1.89. The number of hydrogen-bond acceptors (Lipinski definition) is 4. The number of ether oxygens (including phenoxy) is 1. The zero-order valence-corrected chi connectivity index (χ0v) is 8.17. The second kappa shape index (κ2) is 3.26. The molecule has 1 heterocycles. The average Bonchev–Trinajstić information content (AvgIpc) is 2.63. The molecule has 72 valence electrons. The van der Waals surface area contributed by atoms with E-state index in [-0.39, 0.29) is 5.56 Å². The van der Waals surface area contributed by atoms with E-state index in [0.29, 0.717) is 11.3 Å². The molecule has 0 atom stereocenters. The number of aromatic carboxylic acids is 1. The normalized spacial score (nSPS) is 10.4. The molecule has 0 aliphatic heterocycles. The number of aromatic nitrogens is 1. The Balaban J connectivity index is 2.78. The maximum absolute atomic E-state index is 10.8. The first-order valence-electron chi connectivity index (χ1n) is 3.87. The van der Waals surface area contributed by atoms with Crippen LogP contribution in [0, 0.1) is 0 Å². The van der Waals surface area contributed by atoms with E-state index >= 15 is 0 Å². The van der Waals surface area contributed by atoms with Gasteiger partial charge in [-0.15, -0.1) is 11.3 Å². The zero-order chi connectivity index (χ0) is 10.1. The predicted octanol–water partition coefficient (Wildman–Crippen LogP) is 2.00. The average molecular weight is 209 g/mol. The highest BCUT2D eigenvalue weighted by atomic mass is 32.1. The number of carbonyl (C=O) groups is 1. The van der Waals surface area contributed by atoms with E-state index in [1.54, 1.807) is 11.6 Å². The van der Waals surface area contributed by atoms with Crippen LogP contribution in [0.25, 0.3) is 10.2 Å². The van der Waals surface area contributed by atoms with Gasteiger partial charge in [0.05, 0.1) is 17.3 Å². The molecule has 0 unspecified atom stereocenters. The minimum absolute atomic E-state index is 0.144. The summed E-state index contributed by atoms with van der Waals surface area (Å²) in [6.07, 6.45) is 0. The minimum Gasteiger partial charge on any atom is -0.494 e. The van der Waals surface area contributed by atoms with Crippen LogP contribution >= 0.6 is 11.3 Å². The highest BCUT2D eigenvalue weighted by molar-refractivity contribution is 7.16. The fraction of sp³-hybridized carbons (Fsp3) is 0.111. The van der Waals surface area contributed by atoms with Crippen LogP contribution in [-0.2, 0) is 0 Å². The lowest BCUT2D eigenvalue weighted by Crippen LogP contribution is -2.00. The van der Waals surface area contributed by atoms with E-state index < -0.39 is 5.97 Å². The predicted molar refractivity (Wildman–Crippen MR) is 53.1 cm³/mol. The summed E-state index contributed by atoms with van der Waals surface area (Å²) in [5.41, 5.74) is 2.42. The topological polar surface area (TPSA) is 59.4 Å². The number of thiazole rings is 1. The molecular formula is C9H7NO3S. The van der Waals surface area contributed by atoms with Gasteiger partial charge in [0.1, 0.15) is 11.1 Å². The maximum Gasteiger partial charge on any atom is 0.339 e. The highest BCUT2D eigenvalue weighted by Gasteiger charge is 2.15. The van der Waals surface area contributed by atoms with Gasteiger partial charge >= 0.3 is 5.97 Å². The molecule has 1 aromatic heterocycles. The standard InChI is InChI=1S/C9H7NO3S/c1-13-8-5(9(11)12)2-3-6-7(8)10-4-14-6/h2-4H,1H3,(H,11,12). The first kappa shape index (κ1) is 8.96. The van der Waals surface area contributed by atoms with E-state index in [4.69, 9.17) is 9.84 Å². The van der Waals surface area contributed by atoms with Crippen molar-refractivity contribution in [3.8, 4) is 5.75 Å². The third-order valence-corrected chi connectivity index (χ3v) is 2.68. The quantitative estimate of drug-likeness (QED) is 0.821. The van der Waals surface area contributed by atoms with Crippen molar-refractivity contribution in [2.45, 2.75) is 0 Å². The Hall–Kier alpha value is -1.62. The van der Waals surface area contributed by atoms with Crippen molar-refractivity contribution in [3.63, 3.8) is 0 Å². The van der Waals surface area contributed by atoms with Crippen molar-refractivity contribution in [2.24, 2.45) is 0 Å². The van der Waals surface area contributed by atoms with Gasteiger partial charge in [0, 0.05) is 0 Å². The van der Waals surface area contributed by atoms with Gasteiger partial charge in [-0.2, -0.15) is 0 Å². The summed E-state index contributed by atoms with van der Waals surface area (Å²) in [5, 5.41) is 8.89. The van der Waals surface area contributed by atoms with E-state index in [0.717, 1.165) is 4.70 Å². The SMILES string of the molecule is COc1c(C(=O)O)ccc2scnc12. The Morgan fingerprint density at radius 2 is 2.36 bits per heavy atom. The lowest BCUT2D eigenvalue weighted by Gasteiger charge is -2.04. The van der Waals surface area contributed by atoms with Gasteiger partial charge in [-0.3, -0.25) is 0 Å². The van der Waals surface area contributed by atoms with Crippen LogP contribution in [0.2, 0.25) is 0 Å². The molecule has 14 heavy (non-hydrogen) atoms. The molecule has 0 aliphatic carbocycles. The summed E-state index contributed by atoms with van der Waals surface area (Å²) in [5.74, 6) is -0.673. The summed E-state index contributed by atoms with van der Waals surface area (Å²) in [7, 11) is 1.44. The molecule has 0 fully saturated rings. The number of rotatable bonds is 2. The second-order valence-electron chi connectivity index (χ2n) is 2.65. The molecule has 5 heteroatoms. The van der Waals surface area contributed by atoms with Crippen LogP contribution in [0.3, 0.4) is 0 Å². The summed E-state index contributed by atoms with van der Waals surface area (Å²) in [6.45, 7) is 0. The van der Waals surface area contributed by atoms with Crippen molar-refractivity contribution in [1.29, 1.82) is 0 Å². The smallest absolute Gasteiger partial charge is 0.339 e. The molecule has 0 bridgehead atoms. The maximum atomic E-state index is 10.8. The monoisotopic (exact) mass is 209 g/mol. The lowest BCUT2D eigenvalue weighted by molar-refractivity contribution is 0.0693. The van der Waals surface area contributed by atoms with Crippen LogP contribution in [-0.4, -0.2) is 23.2 Å². The number of benzene rings is 1. The first-order valence-corrected chi connectivity index (χ1v) is 4.75. The first-order chi connectivity index (χ1) is 6.74. The number of methoxy groups -OCH3 is 1. The fourth-order valence-electron chi connectivity index (χ4n) is 1.28. The third kappa shape index (κ3) is 1.22. The van der Waals surface area contributed by atoms with Crippen LogP contribution in [0.15, 0.2) is 17.6 Å². The highest BCUT2D eigenvalue weighted by Crippen LogP contribution is 2.30. The van der Waals surface area contributed by atoms with E-state index in [9.17, 15) is 4.79 Å². The van der Waals surface area contributed by atoms with Gasteiger partial charge in [0.25, 0.3) is 0 Å². The molecule has 2 rings (SSSR count). The Labute approximate surface area is 83.8 Å². The Morgan fingerprint density at radius 1 is 1.57 bits per heavy atom. The summed E-state index contributed by atoms with van der Waals surface area (Å²) in [6, 6.07) is 3.26. The Morgan fingerprint density at radius 3 is 3.00 bits per heavy atom. The second-order valence-corrected chi connectivity index (χ2v) is 3.54. The summed E-state index contributed by atoms with van der Waals surface area (Å²) >= 11 is 1.45. The van der Waals surface area contributed by atoms with E-state index in [1.807, 2.05) is 0 Å². The zero-order valence-electron chi connectivity index (χ0n) is 7.35. The van der Waals surface area contributed by atoms with Crippen molar-refractivity contribution >= 4 is 27.5 Å². The van der Waals surface area contributed by atoms with Crippen molar-refractivity contribution < 1.29 is 14.6 Å². The number of fused-ring (bicyclic) bond motifs is 1. The fourth-order valence-corrected chi connectivity index (χ4v) is 1.96. The molecule has 0 radical (unpaired) electrons. The van der Waals surface area contributed by atoms with Crippen molar-refractivity contribution in [3.05, 3.63) is 23.2 Å². The van der Waals surface area contributed by atoms with Gasteiger partial charge in [0.2, 0.25) is 0 Å². The van der Waals surface area contributed by atoms with E-state index in [1.165, 1.54) is 24.5 Å². The van der Waals surface area contributed by atoms with Gasteiger partial charge in [-0.25, -0.2) is 9.78 Å². The largest absolute Gasteiger partial charge is 0.494 e. The molecule has 2 aromatic rings.